The van der Waals surface area contributed by atoms with Crippen molar-refractivity contribution in [1.29, 1.82) is 0 Å². The van der Waals surface area contributed by atoms with Crippen molar-refractivity contribution >= 4 is 11.6 Å². The van der Waals surface area contributed by atoms with Crippen LogP contribution >= 0.6 is 11.6 Å². The number of nitrogens with zero attached hydrogens (tertiary/aromatic N) is 2. The van der Waals surface area contributed by atoms with E-state index in [1.807, 2.05) is 31.2 Å². The van der Waals surface area contributed by atoms with Crippen LogP contribution in [0.2, 0.25) is 5.15 Å². The summed E-state index contributed by atoms with van der Waals surface area (Å²) in [6.07, 6.45) is 1.61. The third-order valence-electron chi connectivity index (χ3n) is 3.18. The first-order chi connectivity index (χ1) is 9.63. The van der Waals surface area contributed by atoms with Crippen molar-refractivity contribution in [2.75, 3.05) is 14.2 Å². The maximum atomic E-state index is 5.81. The van der Waals surface area contributed by atoms with Gasteiger partial charge >= 0.3 is 0 Å². The fraction of sp³-hybridized carbons (Fsp3) is 0.333. The quantitative estimate of drug-likeness (QED) is 0.848. The molecule has 1 aromatic heterocycles. The second-order valence-corrected chi connectivity index (χ2v) is 4.86. The molecule has 0 unspecified atom stereocenters. The van der Waals surface area contributed by atoms with Gasteiger partial charge in [-0.2, -0.15) is 5.10 Å². The summed E-state index contributed by atoms with van der Waals surface area (Å²) in [5.41, 5.74) is 3.12. The third kappa shape index (κ3) is 3.39. The Morgan fingerprint density at radius 2 is 1.85 bits per heavy atom. The first kappa shape index (κ1) is 14.6. The molecule has 2 rings (SSSR count). The SMILES string of the molecule is COc1ccc(CCc2nnc(Cl)cc2C)c(OC)c1. The molecule has 0 radical (unpaired) electrons. The van der Waals surface area contributed by atoms with Gasteiger partial charge in [-0.05, 0) is 43.0 Å². The Morgan fingerprint density at radius 1 is 1.05 bits per heavy atom. The summed E-state index contributed by atoms with van der Waals surface area (Å²) < 4.78 is 10.6. The van der Waals surface area contributed by atoms with Gasteiger partial charge in [-0.1, -0.05) is 17.7 Å². The van der Waals surface area contributed by atoms with Crippen LogP contribution < -0.4 is 9.47 Å². The summed E-state index contributed by atoms with van der Waals surface area (Å²) in [5, 5.41) is 8.45. The van der Waals surface area contributed by atoms with Crippen molar-refractivity contribution in [3.05, 3.63) is 46.2 Å². The van der Waals surface area contributed by atoms with E-state index in [1.54, 1.807) is 14.2 Å². The molecule has 0 aliphatic carbocycles. The maximum absolute atomic E-state index is 5.81. The van der Waals surface area contributed by atoms with E-state index in [1.165, 1.54) is 0 Å². The molecule has 0 atom stereocenters. The monoisotopic (exact) mass is 292 g/mol. The summed E-state index contributed by atoms with van der Waals surface area (Å²) in [4.78, 5) is 0. The van der Waals surface area contributed by atoms with Crippen LogP contribution in [-0.2, 0) is 12.8 Å². The van der Waals surface area contributed by atoms with E-state index in [-0.39, 0.29) is 0 Å². The fourth-order valence-electron chi connectivity index (χ4n) is 2.04. The van der Waals surface area contributed by atoms with Gasteiger partial charge in [0.25, 0.3) is 0 Å². The first-order valence-corrected chi connectivity index (χ1v) is 6.71. The summed E-state index contributed by atoms with van der Waals surface area (Å²) in [6, 6.07) is 7.65. The molecule has 0 fully saturated rings. The number of benzene rings is 1. The van der Waals surface area contributed by atoms with E-state index in [9.17, 15) is 0 Å². The number of aromatic nitrogens is 2. The molecule has 0 saturated heterocycles. The van der Waals surface area contributed by atoms with Crippen LogP contribution in [-0.4, -0.2) is 24.4 Å². The molecule has 0 aliphatic heterocycles. The van der Waals surface area contributed by atoms with Crippen molar-refractivity contribution in [2.45, 2.75) is 19.8 Å². The summed E-state index contributed by atoms with van der Waals surface area (Å²) in [6.45, 7) is 1.99. The molecule has 0 aliphatic rings. The van der Waals surface area contributed by atoms with Gasteiger partial charge < -0.3 is 9.47 Å². The van der Waals surface area contributed by atoms with E-state index in [0.717, 1.165) is 41.2 Å². The fourth-order valence-corrected chi connectivity index (χ4v) is 2.24. The Kier molecular flexibility index (Phi) is 4.79. The van der Waals surface area contributed by atoms with E-state index in [0.29, 0.717) is 5.15 Å². The molecule has 4 nitrogen and oxygen atoms in total. The molecule has 0 saturated carbocycles. The number of ether oxygens (including phenoxy) is 2. The zero-order valence-electron chi connectivity index (χ0n) is 11.8. The zero-order valence-corrected chi connectivity index (χ0v) is 12.6. The average Bonchev–Trinajstić information content (AvgIpc) is 2.46. The Bertz CT molecular complexity index is 602. The largest absolute Gasteiger partial charge is 0.497 e. The van der Waals surface area contributed by atoms with E-state index < -0.39 is 0 Å². The summed E-state index contributed by atoms with van der Waals surface area (Å²) in [5.74, 6) is 1.61. The minimum Gasteiger partial charge on any atom is -0.497 e. The van der Waals surface area contributed by atoms with Gasteiger partial charge in [0.15, 0.2) is 5.15 Å². The second-order valence-electron chi connectivity index (χ2n) is 4.47. The smallest absolute Gasteiger partial charge is 0.151 e. The van der Waals surface area contributed by atoms with Crippen LogP contribution in [0.1, 0.15) is 16.8 Å². The molecule has 0 spiro atoms. The van der Waals surface area contributed by atoms with Crippen LogP contribution in [0.3, 0.4) is 0 Å². The van der Waals surface area contributed by atoms with Crippen LogP contribution in [0.15, 0.2) is 24.3 Å². The van der Waals surface area contributed by atoms with Crippen LogP contribution in [0, 0.1) is 6.92 Å². The van der Waals surface area contributed by atoms with Crippen molar-refractivity contribution < 1.29 is 9.47 Å². The van der Waals surface area contributed by atoms with Gasteiger partial charge in [0.2, 0.25) is 0 Å². The standard InChI is InChI=1S/C15H17ClN2O2/c1-10-8-15(16)18-17-13(10)7-5-11-4-6-12(19-2)9-14(11)20-3/h4,6,8-9H,5,7H2,1-3H3. The van der Waals surface area contributed by atoms with Gasteiger partial charge in [-0.25, -0.2) is 0 Å². The second kappa shape index (κ2) is 6.57. The van der Waals surface area contributed by atoms with E-state index >= 15 is 0 Å². The van der Waals surface area contributed by atoms with Gasteiger partial charge in [0, 0.05) is 6.07 Å². The Labute approximate surface area is 123 Å². The minimum absolute atomic E-state index is 0.424. The molecule has 1 heterocycles. The van der Waals surface area contributed by atoms with Gasteiger partial charge in [-0.3, -0.25) is 0 Å². The van der Waals surface area contributed by atoms with Crippen molar-refractivity contribution in [1.82, 2.24) is 10.2 Å². The lowest BCUT2D eigenvalue weighted by molar-refractivity contribution is 0.391. The van der Waals surface area contributed by atoms with Gasteiger partial charge in [0.05, 0.1) is 19.9 Å². The Morgan fingerprint density at radius 3 is 2.50 bits per heavy atom. The number of aryl methyl sites for hydroxylation is 3. The number of halogens is 1. The number of methoxy groups -OCH3 is 2. The molecule has 0 bridgehead atoms. The molecule has 0 N–H and O–H groups in total. The lowest BCUT2D eigenvalue weighted by Gasteiger charge is -2.10. The maximum Gasteiger partial charge on any atom is 0.151 e. The molecule has 106 valence electrons. The molecular formula is C15H17ClN2O2. The van der Waals surface area contributed by atoms with Gasteiger partial charge in [-0.15, -0.1) is 5.10 Å². The summed E-state index contributed by atoms with van der Waals surface area (Å²) in [7, 11) is 3.30. The van der Waals surface area contributed by atoms with Crippen molar-refractivity contribution in [3.8, 4) is 11.5 Å². The van der Waals surface area contributed by atoms with Crippen molar-refractivity contribution in [3.63, 3.8) is 0 Å². The normalized spacial score (nSPS) is 10.4. The van der Waals surface area contributed by atoms with Gasteiger partial charge in [0.1, 0.15) is 11.5 Å². The highest BCUT2D eigenvalue weighted by Gasteiger charge is 2.08. The van der Waals surface area contributed by atoms with Crippen LogP contribution in [0.4, 0.5) is 0 Å². The lowest BCUT2D eigenvalue weighted by Crippen LogP contribution is -2.01. The molecule has 0 amide bonds. The zero-order chi connectivity index (χ0) is 14.5. The molecule has 5 heteroatoms. The lowest BCUT2D eigenvalue weighted by atomic mass is 10.0. The third-order valence-corrected chi connectivity index (χ3v) is 3.37. The molecular weight excluding hydrogens is 276 g/mol. The topological polar surface area (TPSA) is 44.2 Å². The first-order valence-electron chi connectivity index (χ1n) is 6.33. The number of rotatable bonds is 5. The van der Waals surface area contributed by atoms with E-state index in [2.05, 4.69) is 10.2 Å². The highest BCUT2D eigenvalue weighted by molar-refractivity contribution is 6.29. The van der Waals surface area contributed by atoms with E-state index in [4.69, 9.17) is 21.1 Å². The number of hydrogen-bond donors (Lipinski definition) is 0. The van der Waals surface area contributed by atoms with Crippen LogP contribution in [0.5, 0.6) is 11.5 Å². The van der Waals surface area contributed by atoms with Crippen LogP contribution in [0.25, 0.3) is 0 Å². The highest BCUT2D eigenvalue weighted by Crippen LogP contribution is 2.25. The predicted molar refractivity (Wildman–Crippen MR) is 78.7 cm³/mol. The highest BCUT2D eigenvalue weighted by atomic mass is 35.5. The van der Waals surface area contributed by atoms with Crippen molar-refractivity contribution in [2.24, 2.45) is 0 Å². The molecule has 2 aromatic rings. The predicted octanol–water partition coefficient (Wildman–Crippen LogP) is 3.24. The molecule has 1 aromatic carbocycles. The minimum atomic E-state index is 0.424. The average molecular weight is 293 g/mol. The molecule has 20 heavy (non-hydrogen) atoms. The Hall–Kier alpha value is -1.81. The number of hydrogen-bond acceptors (Lipinski definition) is 4. The Balaban J connectivity index is 2.14. The summed E-state index contributed by atoms with van der Waals surface area (Å²) >= 11 is 5.81.